The number of aromatic nitrogens is 1. The van der Waals surface area contributed by atoms with Gasteiger partial charge in [-0.25, -0.2) is 19.0 Å². The van der Waals surface area contributed by atoms with Crippen LogP contribution in [0.1, 0.15) is 27.0 Å². The minimum atomic E-state index is -0.878. The van der Waals surface area contributed by atoms with Gasteiger partial charge in [0.1, 0.15) is 23.4 Å². The molecule has 1 unspecified atom stereocenters. The quantitative estimate of drug-likeness (QED) is 0.167. The Bertz CT molecular complexity index is 2130. The Hall–Kier alpha value is -5.39. The lowest BCUT2D eigenvalue weighted by Crippen LogP contribution is -2.53. The van der Waals surface area contributed by atoms with Crippen molar-refractivity contribution in [2.24, 2.45) is 4.99 Å². The highest BCUT2D eigenvalue weighted by molar-refractivity contribution is 7.11. The highest BCUT2D eigenvalue weighted by Gasteiger charge is 2.42. The van der Waals surface area contributed by atoms with E-state index in [1.165, 1.54) is 41.5 Å². The number of anilines is 1. The molecule has 4 heterocycles. The molecule has 1 aromatic heterocycles. The first kappa shape index (κ1) is 38.9. The summed E-state index contributed by atoms with van der Waals surface area (Å²) < 4.78 is 25.3. The summed E-state index contributed by atoms with van der Waals surface area (Å²) in [5.41, 5.74) is 2.37. The van der Waals surface area contributed by atoms with E-state index in [4.69, 9.17) is 26.1 Å². The summed E-state index contributed by atoms with van der Waals surface area (Å²) in [5, 5.41) is 24.4. The van der Waals surface area contributed by atoms with E-state index in [1.807, 2.05) is 22.4 Å². The summed E-state index contributed by atoms with van der Waals surface area (Å²) >= 11 is 7.89. The first-order valence-electron chi connectivity index (χ1n) is 17.9. The van der Waals surface area contributed by atoms with Crippen LogP contribution in [0.2, 0.25) is 5.02 Å². The molecule has 2 atom stereocenters. The highest BCUT2D eigenvalue weighted by atomic mass is 35.5. The SMILES string of the molecule is COC(=O)C1=C(CN2CCN3C(=O)N(c4ccc(Oc5ccc(C(=O)N(CCO)CCO)cc5)cc4)C[C@@H]3C2)NC(c2nccs2)=NC1c1ccc(F)cc1Cl. The smallest absolute Gasteiger partial charge is 0.338 e. The standard InChI is InChI=1S/C39H39ClFN7O7S/c1-54-38(52)33-32(43-35(36-42-12-19-56-36)44-34(33)30-11-4-25(41)20-31(30)40)23-45-13-14-47-27(21-45)22-48(39(47)53)26-5-9-29(10-6-26)55-28-7-2-24(3-8-28)37(51)46(15-17-49)16-18-50/h2-12,19-20,27,34,49-50H,13-18,21-23H2,1H3,(H,43,44)/t27-,34?/m0/s1. The number of thiazole rings is 1. The van der Waals surface area contributed by atoms with Crippen LogP contribution in [0.3, 0.4) is 0 Å². The van der Waals surface area contributed by atoms with Crippen molar-refractivity contribution in [1.82, 2.24) is 25.0 Å². The Labute approximate surface area is 331 Å². The zero-order chi connectivity index (χ0) is 39.3. The maximum atomic E-state index is 14.1. The zero-order valence-corrected chi connectivity index (χ0v) is 31.9. The van der Waals surface area contributed by atoms with Crippen molar-refractivity contribution in [2.45, 2.75) is 12.1 Å². The van der Waals surface area contributed by atoms with Gasteiger partial charge >= 0.3 is 12.0 Å². The predicted octanol–water partition coefficient (Wildman–Crippen LogP) is 4.30. The number of halogens is 2. The Morgan fingerprint density at radius 3 is 2.38 bits per heavy atom. The second-order valence-corrected chi connectivity index (χ2v) is 14.5. The molecular weight excluding hydrogens is 765 g/mol. The first-order chi connectivity index (χ1) is 27.2. The van der Waals surface area contributed by atoms with Crippen molar-refractivity contribution in [3.63, 3.8) is 0 Å². The summed E-state index contributed by atoms with van der Waals surface area (Å²) in [6.07, 6.45) is 1.66. The molecule has 4 aromatic rings. The molecule has 0 radical (unpaired) electrons. The van der Waals surface area contributed by atoms with Crippen LogP contribution in [0, 0.1) is 5.82 Å². The van der Waals surface area contributed by atoms with Gasteiger partial charge in [0, 0.05) is 84.9 Å². The number of hydrogen-bond donors (Lipinski definition) is 3. The molecule has 3 aliphatic rings. The lowest BCUT2D eigenvalue weighted by atomic mass is 9.95. The number of aliphatic imine (C=N–C) groups is 1. The Morgan fingerprint density at radius 2 is 1.73 bits per heavy atom. The molecule has 0 spiro atoms. The lowest BCUT2D eigenvalue weighted by Gasteiger charge is -2.38. The molecule has 3 aliphatic heterocycles. The Balaban J connectivity index is 1.04. The number of nitrogens with one attached hydrogen (secondary N) is 1. The number of nitrogens with zero attached hydrogens (tertiary/aromatic N) is 6. The van der Waals surface area contributed by atoms with Gasteiger partial charge in [-0.3, -0.25) is 19.6 Å². The van der Waals surface area contributed by atoms with E-state index in [-0.39, 0.29) is 54.9 Å². The van der Waals surface area contributed by atoms with Crippen LogP contribution in [-0.2, 0) is 9.53 Å². The number of amides is 3. The molecule has 2 fully saturated rings. The van der Waals surface area contributed by atoms with Crippen LogP contribution in [0.5, 0.6) is 11.5 Å². The molecule has 0 bridgehead atoms. The van der Waals surface area contributed by atoms with E-state index >= 15 is 0 Å². The number of carbonyl (C=O) groups is 3. The fraction of sp³-hybridized carbons (Fsp3) is 0.308. The van der Waals surface area contributed by atoms with E-state index in [0.717, 1.165) is 0 Å². The molecule has 7 rings (SSSR count). The molecule has 3 N–H and O–H groups in total. The van der Waals surface area contributed by atoms with Gasteiger partial charge in [-0.2, -0.15) is 0 Å². The number of ether oxygens (including phenoxy) is 2. The predicted molar refractivity (Wildman–Crippen MR) is 208 cm³/mol. The number of fused-ring (bicyclic) bond motifs is 1. The van der Waals surface area contributed by atoms with Crippen molar-refractivity contribution in [3.05, 3.63) is 117 Å². The van der Waals surface area contributed by atoms with Gasteiger partial charge in [0.15, 0.2) is 10.8 Å². The van der Waals surface area contributed by atoms with Gasteiger partial charge in [-0.05, 0) is 60.7 Å². The lowest BCUT2D eigenvalue weighted by molar-refractivity contribution is -0.136. The first-order valence-corrected chi connectivity index (χ1v) is 19.1. The molecular formula is C39H39ClFN7O7S. The second kappa shape index (κ2) is 17.2. The van der Waals surface area contributed by atoms with Crippen LogP contribution >= 0.6 is 22.9 Å². The number of urea groups is 1. The second-order valence-electron chi connectivity index (χ2n) is 13.2. The van der Waals surface area contributed by atoms with Gasteiger partial charge in [0.25, 0.3) is 5.91 Å². The van der Waals surface area contributed by atoms with E-state index < -0.39 is 17.8 Å². The largest absolute Gasteiger partial charge is 0.466 e. The average Bonchev–Trinajstić information content (AvgIpc) is 3.86. The monoisotopic (exact) mass is 803 g/mol. The van der Waals surface area contributed by atoms with Crippen LogP contribution in [0.4, 0.5) is 14.9 Å². The minimum Gasteiger partial charge on any atom is -0.466 e. The zero-order valence-electron chi connectivity index (χ0n) is 30.3. The minimum absolute atomic E-state index is 0.102. The molecule has 14 nitrogen and oxygen atoms in total. The van der Waals surface area contributed by atoms with Crippen molar-refractivity contribution >= 4 is 52.4 Å². The number of piperazine rings is 1. The average molecular weight is 804 g/mol. The number of esters is 1. The number of aliphatic hydroxyl groups excluding tert-OH is 2. The van der Waals surface area contributed by atoms with Crippen LogP contribution in [0.25, 0.3) is 0 Å². The normalized spacial score (nSPS) is 18.4. The van der Waals surface area contributed by atoms with Crippen LogP contribution in [-0.4, -0.2) is 126 Å². The summed E-state index contributed by atoms with van der Waals surface area (Å²) in [5.74, 6) is 0.0937. The van der Waals surface area contributed by atoms with Crippen molar-refractivity contribution in [3.8, 4) is 11.5 Å². The number of rotatable bonds is 13. The molecule has 3 aromatic carbocycles. The van der Waals surface area contributed by atoms with Gasteiger partial charge in [0.2, 0.25) is 0 Å². The third-order valence-electron chi connectivity index (χ3n) is 9.75. The fourth-order valence-electron chi connectivity index (χ4n) is 7.06. The van der Waals surface area contributed by atoms with E-state index in [2.05, 4.69) is 15.2 Å². The molecule has 292 valence electrons. The summed E-state index contributed by atoms with van der Waals surface area (Å²) in [6.45, 7) is 2.13. The number of amidine groups is 1. The van der Waals surface area contributed by atoms with E-state index in [1.54, 1.807) is 47.5 Å². The fourth-order valence-corrected chi connectivity index (χ4v) is 7.92. The van der Waals surface area contributed by atoms with Gasteiger partial charge in [-0.15, -0.1) is 11.3 Å². The molecule has 3 amide bonds. The van der Waals surface area contributed by atoms with Crippen LogP contribution in [0.15, 0.2) is 94.6 Å². The number of aliphatic hydroxyl groups is 2. The molecule has 0 aliphatic carbocycles. The summed E-state index contributed by atoms with van der Waals surface area (Å²) in [7, 11) is 1.30. The Kier molecular flexibility index (Phi) is 11.9. The third-order valence-corrected chi connectivity index (χ3v) is 10.9. The third kappa shape index (κ3) is 8.24. The molecule has 0 saturated carbocycles. The highest BCUT2D eigenvalue weighted by Crippen LogP contribution is 2.37. The Morgan fingerprint density at radius 1 is 1.02 bits per heavy atom. The maximum Gasteiger partial charge on any atom is 0.338 e. The van der Waals surface area contributed by atoms with Crippen LogP contribution < -0.4 is 15.0 Å². The molecule has 2 saturated heterocycles. The van der Waals surface area contributed by atoms with Crippen molar-refractivity contribution in [1.29, 1.82) is 0 Å². The van der Waals surface area contributed by atoms with E-state index in [9.17, 15) is 29.0 Å². The van der Waals surface area contributed by atoms with Crippen molar-refractivity contribution < 1.29 is 38.5 Å². The van der Waals surface area contributed by atoms with E-state index in [0.29, 0.717) is 77.6 Å². The summed E-state index contributed by atoms with van der Waals surface area (Å²) in [6, 6.07) is 16.7. The van der Waals surface area contributed by atoms with Gasteiger partial charge < -0.3 is 34.8 Å². The number of hydrogen-bond acceptors (Lipinski definition) is 12. The summed E-state index contributed by atoms with van der Waals surface area (Å²) in [4.78, 5) is 56.2. The number of benzene rings is 3. The number of methoxy groups -OCH3 is 1. The molecule has 56 heavy (non-hydrogen) atoms. The maximum absolute atomic E-state index is 14.1. The topological polar surface area (TPSA) is 160 Å². The van der Waals surface area contributed by atoms with Gasteiger partial charge in [-0.1, -0.05) is 17.7 Å². The van der Waals surface area contributed by atoms with Gasteiger partial charge in [0.05, 0.1) is 31.9 Å². The number of carbonyl (C=O) groups excluding carboxylic acids is 3. The molecule has 17 heteroatoms. The van der Waals surface area contributed by atoms with Crippen molar-refractivity contribution in [2.75, 3.05) is 71.0 Å².